The number of nitrogens with zero attached hydrogens (tertiary/aromatic N) is 1. The van der Waals surface area contributed by atoms with Gasteiger partial charge in [-0.15, -0.1) is 0 Å². The summed E-state index contributed by atoms with van der Waals surface area (Å²) in [5, 5.41) is 0.490. The predicted octanol–water partition coefficient (Wildman–Crippen LogP) is 2.17. The van der Waals surface area contributed by atoms with E-state index in [9.17, 15) is 4.79 Å². The molecule has 1 aromatic carbocycles. The Balaban J connectivity index is 2.79. The number of nitrogens with two attached hydrogens (primary N) is 1. The average molecular weight is 238 g/mol. The summed E-state index contributed by atoms with van der Waals surface area (Å²) >= 11 is 1.37. The molecule has 0 unspecified atom stereocenters. The highest BCUT2D eigenvalue weighted by molar-refractivity contribution is 8.13. The van der Waals surface area contributed by atoms with E-state index in [4.69, 9.17) is 10.5 Å². The summed E-state index contributed by atoms with van der Waals surface area (Å²) < 4.78 is 4.87. The van der Waals surface area contributed by atoms with Crippen molar-refractivity contribution in [1.82, 2.24) is 0 Å². The zero-order valence-corrected chi connectivity index (χ0v) is 10.1. The fourth-order valence-corrected chi connectivity index (χ4v) is 1.26. The van der Waals surface area contributed by atoms with Crippen molar-refractivity contribution in [1.29, 1.82) is 0 Å². The minimum absolute atomic E-state index is 0.323. The molecule has 0 radical (unpaired) electrons. The molecule has 0 heterocycles. The molecule has 0 saturated carbocycles. The van der Waals surface area contributed by atoms with E-state index >= 15 is 0 Å². The SMILES string of the molecule is CCOC(=O)c1ccc(N=C(N)SC)cc1. The third-order valence-electron chi connectivity index (χ3n) is 1.83. The van der Waals surface area contributed by atoms with Crippen molar-refractivity contribution in [2.24, 2.45) is 10.7 Å². The van der Waals surface area contributed by atoms with E-state index in [1.807, 2.05) is 6.26 Å². The molecule has 0 aromatic heterocycles. The van der Waals surface area contributed by atoms with Gasteiger partial charge in [0.1, 0.15) is 0 Å². The molecular formula is C11H14N2O2S. The second kappa shape index (κ2) is 6.17. The van der Waals surface area contributed by atoms with Crippen molar-refractivity contribution in [3.8, 4) is 0 Å². The first-order chi connectivity index (χ1) is 7.67. The van der Waals surface area contributed by atoms with E-state index in [-0.39, 0.29) is 5.97 Å². The average Bonchev–Trinajstić information content (AvgIpc) is 2.30. The first-order valence-corrected chi connectivity index (χ1v) is 6.05. The maximum Gasteiger partial charge on any atom is 0.338 e. The third-order valence-corrected chi connectivity index (χ3v) is 2.34. The molecule has 0 amide bonds. The van der Waals surface area contributed by atoms with Crippen molar-refractivity contribution in [3.05, 3.63) is 29.8 Å². The number of carbonyl (C=O) groups is 1. The van der Waals surface area contributed by atoms with Crippen LogP contribution in [0, 0.1) is 0 Å². The fraction of sp³-hybridized carbons (Fsp3) is 0.273. The highest BCUT2D eigenvalue weighted by atomic mass is 32.2. The number of thioether (sulfide) groups is 1. The van der Waals surface area contributed by atoms with Crippen LogP contribution in [0.3, 0.4) is 0 Å². The van der Waals surface area contributed by atoms with Gasteiger partial charge in [-0.3, -0.25) is 0 Å². The summed E-state index contributed by atoms with van der Waals surface area (Å²) in [5.74, 6) is -0.323. The lowest BCUT2D eigenvalue weighted by Crippen LogP contribution is -2.05. The van der Waals surface area contributed by atoms with E-state index in [0.29, 0.717) is 17.3 Å². The van der Waals surface area contributed by atoms with Crippen molar-refractivity contribution < 1.29 is 9.53 Å². The van der Waals surface area contributed by atoms with Crippen LogP contribution in [0.1, 0.15) is 17.3 Å². The van der Waals surface area contributed by atoms with Gasteiger partial charge in [-0.05, 0) is 37.4 Å². The first kappa shape index (κ1) is 12.6. The molecule has 2 N–H and O–H groups in total. The lowest BCUT2D eigenvalue weighted by atomic mass is 10.2. The van der Waals surface area contributed by atoms with Crippen LogP contribution in [0.2, 0.25) is 0 Å². The number of rotatable bonds is 3. The van der Waals surface area contributed by atoms with Gasteiger partial charge in [-0.2, -0.15) is 0 Å². The van der Waals surface area contributed by atoms with Crippen molar-refractivity contribution >= 4 is 28.6 Å². The summed E-state index contributed by atoms with van der Waals surface area (Å²) in [6, 6.07) is 6.81. The number of esters is 1. The maximum atomic E-state index is 11.3. The molecule has 5 heteroatoms. The summed E-state index contributed by atoms with van der Waals surface area (Å²) in [5.41, 5.74) is 6.81. The Morgan fingerprint density at radius 2 is 2.06 bits per heavy atom. The number of amidine groups is 1. The smallest absolute Gasteiger partial charge is 0.338 e. The van der Waals surface area contributed by atoms with Crippen LogP contribution in [-0.4, -0.2) is 24.0 Å². The quantitative estimate of drug-likeness (QED) is 0.498. The molecule has 1 aromatic rings. The minimum Gasteiger partial charge on any atom is -0.462 e. The minimum atomic E-state index is -0.323. The van der Waals surface area contributed by atoms with Crippen LogP contribution in [0.5, 0.6) is 0 Å². The number of ether oxygens (including phenoxy) is 1. The summed E-state index contributed by atoms with van der Waals surface area (Å²) in [6.07, 6.45) is 1.85. The van der Waals surface area contributed by atoms with E-state index in [2.05, 4.69) is 4.99 Å². The van der Waals surface area contributed by atoms with E-state index in [1.165, 1.54) is 11.8 Å². The van der Waals surface area contributed by atoms with Gasteiger partial charge in [0, 0.05) is 0 Å². The normalized spacial score (nSPS) is 11.2. The molecule has 0 fully saturated rings. The summed E-state index contributed by atoms with van der Waals surface area (Å²) in [4.78, 5) is 15.5. The monoisotopic (exact) mass is 238 g/mol. The number of hydrogen-bond donors (Lipinski definition) is 1. The second-order valence-corrected chi connectivity index (χ2v) is 3.75. The van der Waals surface area contributed by atoms with Gasteiger partial charge in [-0.1, -0.05) is 11.8 Å². The molecule has 0 aliphatic heterocycles. The van der Waals surface area contributed by atoms with Crippen LogP contribution in [-0.2, 0) is 4.74 Å². The zero-order valence-electron chi connectivity index (χ0n) is 9.27. The second-order valence-electron chi connectivity index (χ2n) is 2.92. The van der Waals surface area contributed by atoms with E-state index in [1.54, 1.807) is 31.2 Å². The highest BCUT2D eigenvalue weighted by Gasteiger charge is 2.05. The van der Waals surface area contributed by atoms with Crippen molar-refractivity contribution in [2.45, 2.75) is 6.92 Å². The summed E-state index contributed by atoms with van der Waals surface area (Å²) in [6.45, 7) is 2.15. The zero-order chi connectivity index (χ0) is 12.0. The number of aliphatic imine (C=N–C) groups is 1. The van der Waals surface area contributed by atoms with Gasteiger partial charge >= 0.3 is 5.97 Å². The molecule has 0 bridgehead atoms. The first-order valence-electron chi connectivity index (χ1n) is 4.82. The van der Waals surface area contributed by atoms with Gasteiger partial charge in [0.25, 0.3) is 0 Å². The number of hydrogen-bond acceptors (Lipinski definition) is 4. The summed E-state index contributed by atoms with van der Waals surface area (Å²) in [7, 11) is 0. The highest BCUT2D eigenvalue weighted by Crippen LogP contribution is 2.15. The van der Waals surface area contributed by atoms with Crippen molar-refractivity contribution in [3.63, 3.8) is 0 Å². The molecule has 4 nitrogen and oxygen atoms in total. The lowest BCUT2D eigenvalue weighted by Gasteiger charge is -2.01. The Morgan fingerprint density at radius 3 is 2.56 bits per heavy atom. The van der Waals surface area contributed by atoms with Gasteiger partial charge < -0.3 is 10.5 Å². The van der Waals surface area contributed by atoms with Crippen molar-refractivity contribution in [2.75, 3.05) is 12.9 Å². The number of benzene rings is 1. The fourth-order valence-electron chi connectivity index (χ4n) is 1.06. The topological polar surface area (TPSA) is 64.7 Å². The van der Waals surface area contributed by atoms with Crippen LogP contribution in [0.25, 0.3) is 0 Å². The molecule has 0 aliphatic rings. The Kier molecular flexibility index (Phi) is 4.85. The lowest BCUT2D eigenvalue weighted by molar-refractivity contribution is 0.0526. The van der Waals surface area contributed by atoms with Gasteiger partial charge in [0.2, 0.25) is 0 Å². The predicted molar refractivity (Wildman–Crippen MR) is 67.2 cm³/mol. The van der Waals surface area contributed by atoms with Gasteiger partial charge in [0.05, 0.1) is 17.9 Å². The molecular weight excluding hydrogens is 224 g/mol. The molecule has 0 aliphatic carbocycles. The van der Waals surface area contributed by atoms with E-state index < -0.39 is 0 Å². The molecule has 0 saturated heterocycles. The molecule has 86 valence electrons. The standard InChI is InChI=1S/C11H14N2O2S/c1-3-15-10(14)8-4-6-9(7-5-8)13-11(12)16-2/h4-7H,3H2,1-2H3,(H2,12,13). The molecule has 0 spiro atoms. The van der Waals surface area contributed by atoms with Crippen LogP contribution in [0.15, 0.2) is 29.3 Å². The van der Waals surface area contributed by atoms with E-state index in [0.717, 1.165) is 5.69 Å². The van der Waals surface area contributed by atoms with Crippen LogP contribution < -0.4 is 5.73 Å². The third kappa shape index (κ3) is 3.58. The number of carbonyl (C=O) groups excluding carboxylic acids is 1. The van der Waals surface area contributed by atoms with Crippen LogP contribution in [0.4, 0.5) is 5.69 Å². The van der Waals surface area contributed by atoms with Crippen LogP contribution >= 0.6 is 11.8 Å². The molecule has 16 heavy (non-hydrogen) atoms. The molecule has 0 atom stereocenters. The Bertz CT molecular complexity index is 387. The maximum absolute atomic E-state index is 11.3. The largest absolute Gasteiger partial charge is 0.462 e. The van der Waals surface area contributed by atoms with Gasteiger partial charge in [0.15, 0.2) is 5.17 Å². The molecule has 1 rings (SSSR count). The Hall–Kier alpha value is -1.49. The van der Waals surface area contributed by atoms with Gasteiger partial charge in [-0.25, -0.2) is 9.79 Å². The Morgan fingerprint density at radius 1 is 1.44 bits per heavy atom. The Labute approximate surface area is 98.9 Å².